The largest absolute Gasteiger partial charge is 0.417 e. The fourth-order valence-electron chi connectivity index (χ4n) is 3.90. The summed E-state index contributed by atoms with van der Waals surface area (Å²) in [4.78, 5) is 12.8. The molecule has 154 valence electrons. The first kappa shape index (κ1) is 20.0. The van der Waals surface area contributed by atoms with Crippen LogP contribution in [0.15, 0.2) is 35.3 Å². The van der Waals surface area contributed by atoms with Crippen molar-refractivity contribution in [2.75, 3.05) is 0 Å². The van der Waals surface area contributed by atoms with E-state index in [-0.39, 0.29) is 11.6 Å². The number of alkyl halides is 3. The summed E-state index contributed by atoms with van der Waals surface area (Å²) in [6.45, 7) is 1.83. The summed E-state index contributed by atoms with van der Waals surface area (Å²) in [7, 11) is 1.68. The molecule has 1 fully saturated rings. The number of aromatic nitrogens is 3. The van der Waals surface area contributed by atoms with Crippen LogP contribution in [0.4, 0.5) is 13.2 Å². The minimum absolute atomic E-state index is 0.184. The van der Waals surface area contributed by atoms with Crippen LogP contribution in [0.25, 0.3) is 10.9 Å². The van der Waals surface area contributed by atoms with Crippen LogP contribution in [-0.4, -0.2) is 14.3 Å². The molecule has 3 aromatic rings. The summed E-state index contributed by atoms with van der Waals surface area (Å²) in [6, 6.07) is 5.54. The van der Waals surface area contributed by atoms with E-state index in [1.165, 1.54) is 12.1 Å². The summed E-state index contributed by atoms with van der Waals surface area (Å²) < 4.78 is 42.5. The van der Waals surface area contributed by atoms with Crippen LogP contribution in [0.2, 0.25) is 5.02 Å². The number of pyridine rings is 1. The number of rotatable bonds is 4. The molecule has 9 heteroatoms. The number of hydrogen-bond donors (Lipinski definition) is 1. The molecular formula is C20H20ClF3N4O. The normalized spacial score (nSPS) is 16.9. The van der Waals surface area contributed by atoms with Gasteiger partial charge in [-0.3, -0.25) is 9.48 Å². The molecule has 29 heavy (non-hydrogen) atoms. The molecule has 0 bridgehead atoms. The van der Waals surface area contributed by atoms with Gasteiger partial charge in [-0.05, 0) is 43.0 Å². The average Bonchev–Trinajstić information content (AvgIpc) is 3.42. The quantitative estimate of drug-likeness (QED) is 0.677. The Hall–Kier alpha value is -2.32. The van der Waals surface area contributed by atoms with Crippen LogP contribution in [0, 0.1) is 0 Å². The van der Waals surface area contributed by atoms with Gasteiger partial charge >= 0.3 is 6.18 Å². The first-order valence-electron chi connectivity index (χ1n) is 9.32. The maximum atomic E-state index is 13.1. The Morgan fingerprint density at radius 2 is 1.97 bits per heavy atom. The number of nitrogens with two attached hydrogens (primary N) is 1. The van der Waals surface area contributed by atoms with Gasteiger partial charge in [0.15, 0.2) is 5.52 Å². The Kier molecular flexibility index (Phi) is 4.55. The van der Waals surface area contributed by atoms with E-state index in [1.54, 1.807) is 28.6 Å². The maximum absolute atomic E-state index is 13.1. The molecule has 0 radical (unpaired) electrons. The molecule has 0 aliphatic heterocycles. The predicted molar refractivity (Wildman–Crippen MR) is 105 cm³/mol. The van der Waals surface area contributed by atoms with Gasteiger partial charge in [-0.25, -0.2) is 0 Å². The van der Waals surface area contributed by atoms with Crippen molar-refractivity contribution in [2.45, 2.75) is 43.9 Å². The van der Waals surface area contributed by atoms with E-state index in [2.05, 4.69) is 5.10 Å². The number of hydrogen-bond acceptors (Lipinski definition) is 3. The number of nitrogens with zero attached hydrogens (tertiary/aromatic N) is 3. The molecule has 2 aromatic heterocycles. The molecule has 1 aliphatic rings. The lowest BCUT2D eigenvalue weighted by molar-refractivity contribution is -0.137. The molecule has 0 unspecified atom stereocenters. The zero-order valence-corrected chi connectivity index (χ0v) is 16.7. The van der Waals surface area contributed by atoms with Crippen LogP contribution in [0.1, 0.15) is 49.0 Å². The fourth-order valence-corrected chi connectivity index (χ4v) is 4.19. The number of halogens is 4. The summed E-state index contributed by atoms with van der Waals surface area (Å²) in [6.07, 6.45) is -0.513. The second-order valence-electron chi connectivity index (χ2n) is 7.51. The standard InChI is InChI=1S/C20H20ClF3N4O/c1-3-19(25,11-4-7-14(15(21)10-11)20(22,23)24)17-13-8-9-28(12-5-6-12)18(29)16(13)26-27(17)2/h4,7-10,12H,3,5-6,25H2,1-2H3/t19-/m0/s1. The Morgan fingerprint density at radius 3 is 2.52 bits per heavy atom. The fraction of sp³-hybridized carbons (Fsp3) is 0.400. The van der Waals surface area contributed by atoms with Crippen molar-refractivity contribution in [1.82, 2.24) is 14.3 Å². The van der Waals surface area contributed by atoms with Crippen molar-refractivity contribution in [1.29, 1.82) is 0 Å². The van der Waals surface area contributed by atoms with E-state index in [0.717, 1.165) is 18.9 Å². The Balaban J connectivity index is 1.90. The first-order valence-corrected chi connectivity index (χ1v) is 9.70. The van der Waals surface area contributed by atoms with Gasteiger partial charge in [0.2, 0.25) is 0 Å². The average molecular weight is 425 g/mol. The van der Waals surface area contributed by atoms with Crippen molar-refractivity contribution >= 4 is 22.5 Å². The third-order valence-corrected chi connectivity index (χ3v) is 5.95. The minimum atomic E-state index is -4.55. The SMILES string of the molecule is CC[C@](N)(c1ccc(C(F)(F)F)c(Cl)c1)c1c2ccn(C3CC3)c(=O)c2nn1C. The second-order valence-corrected chi connectivity index (χ2v) is 7.92. The van der Waals surface area contributed by atoms with Gasteiger partial charge in [0.1, 0.15) is 0 Å². The maximum Gasteiger partial charge on any atom is 0.417 e. The van der Waals surface area contributed by atoms with Crippen LogP contribution >= 0.6 is 11.6 Å². The highest BCUT2D eigenvalue weighted by atomic mass is 35.5. The van der Waals surface area contributed by atoms with Crippen molar-refractivity contribution in [3.05, 3.63) is 62.7 Å². The van der Waals surface area contributed by atoms with E-state index in [4.69, 9.17) is 17.3 Å². The lowest BCUT2D eigenvalue weighted by Crippen LogP contribution is -2.39. The van der Waals surface area contributed by atoms with E-state index in [9.17, 15) is 18.0 Å². The van der Waals surface area contributed by atoms with E-state index in [1.807, 2.05) is 6.92 Å². The van der Waals surface area contributed by atoms with Crippen LogP contribution in [0.3, 0.4) is 0 Å². The molecule has 0 spiro atoms. The summed E-state index contributed by atoms with van der Waals surface area (Å²) >= 11 is 5.93. The van der Waals surface area contributed by atoms with E-state index < -0.39 is 22.3 Å². The molecule has 1 saturated carbocycles. The number of benzene rings is 1. The highest BCUT2D eigenvalue weighted by molar-refractivity contribution is 6.31. The van der Waals surface area contributed by atoms with Gasteiger partial charge < -0.3 is 10.3 Å². The molecule has 4 rings (SSSR count). The number of aryl methyl sites for hydroxylation is 1. The van der Waals surface area contributed by atoms with Crippen LogP contribution in [0.5, 0.6) is 0 Å². The molecule has 1 aromatic carbocycles. The summed E-state index contributed by atoms with van der Waals surface area (Å²) in [5, 5.41) is 4.57. The third-order valence-electron chi connectivity index (χ3n) is 5.63. The predicted octanol–water partition coefficient (Wildman–Crippen LogP) is 4.35. The van der Waals surface area contributed by atoms with Gasteiger partial charge in [0.25, 0.3) is 5.56 Å². The monoisotopic (exact) mass is 424 g/mol. The van der Waals surface area contributed by atoms with Gasteiger partial charge in [0.05, 0.1) is 21.8 Å². The molecular weight excluding hydrogens is 405 g/mol. The van der Waals surface area contributed by atoms with Gasteiger partial charge in [-0.1, -0.05) is 24.6 Å². The summed E-state index contributed by atoms with van der Waals surface area (Å²) in [5.74, 6) is 0. The van der Waals surface area contributed by atoms with Gasteiger partial charge in [-0.15, -0.1) is 0 Å². The molecule has 0 saturated heterocycles. The molecule has 2 N–H and O–H groups in total. The Labute approximate surface area is 169 Å². The molecule has 1 aliphatic carbocycles. The Bertz CT molecular complexity index is 1160. The van der Waals surface area contributed by atoms with Crippen molar-refractivity contribution in [3.8, 4) is 0 Å². The second kappa shape index (κ2) is 6.60. The lowest BCUT2D eigenvalue weighted by atomic mass is 9.83. The Morgan fingerprint density at radius 1 is 1.28 bits per heavy atom. The lowest BCUT2D eigenvalue weighted by Gasteiger charge is -2.30. The number of fused-ring (bicyclic) bond motifs is 1. The molecule has 1 atom stereocenters. The zero-order valence-electron chi connectivity index (χ0n) is 15.9. The highest BCUT2D eigenvalue weighted by Gasteiger charge is 2.38. The topological polar surface area (TPSA) is 65.8 Å². The molecule has 0 amide bonds. The van der Waals surface area contributed by atoms with Gasteiger partial charge in [0, 0.05) is 24.7 Å². The summed E-state index contributed by atoms with van der Waals surface area (Å²) in [5.41, 5.74) is 5.75. The minimum Gasteiger partial charge on any atom is -0.316 e. The third kappa shape index (κ3) is 3.14. The van der Waals surface area contributed by atoms with Crippen LogP contribution < -0.4 is 11.3 Å². The van der Waals surface area contributed by atoms with Crippen LogP contribution in [-0.2, 0) is 18.8 Å². The zero-order chi connectivity index (χ0) is 21.1. The molecule has 2 heterocycles. The van der Waals surface area contributed by atoms with E-state index >= 15 is 0 Å². The highest BCUT2D eigenvalue weighted by Crippen LogP contribution is 2.40. The van der Waals surface area contributed by atoms with Crippen molar-refractivity contribution < 1.29 is 13.2 Å². The first-order chi connectivity index (χ1) is 13.6. The van der Waals surface area contributed by atoms with E-state index in [0.29, 0.717) is 28.6 Å². The van der Waals surface area contributed by atoms with Crippen molar-refractivity contribution in [2.24, 2.45) is 12.8 Å². The smallest absolute Gasteiger partial charge is 0.316 e. The molecule has 5 nitrogen and oxygen atoms in total. The van der Waals surface area contributed by atoms with Crippen molar-refractivity contribution in [3.63, 3.8) is 0 Å². The van der Waals surface area contributed by atoms with Gasteiger partial charge in [-0.2, -0.15) is 18.3 Å².